The number of methoxy groups -OCH3 is 1. The van der Waals surface area contributed by atoms with Crippen LogP contribution in [-0.2, 0) is 9.53 Å². The molecule has 0 spiro atoms. The number of hydrogen-bond donors (Lipinski definition) is 2. The fourth-order valence-electron chi connectivity index (χ4n) is 2.20. The van der Waals surface area contributed by atoms with Crippen LogP contribution in [0.15, 0.2) is 18.2 Å². The molecule has 0 aromatic heterocycles. The van der Waals surface area contributed by atoms with Gasteiger partial charge in [-0.1, -0.05) is 11.6 Å². The Kier molecular flexibility index (Phi) is 6.76. The highest BCUT2D eigenvalue weighted by atomic mass is 35.5. The summed E-state index contributed by atoms with van der Waals surface area (Å²) in [5.74, 6) is 0.572. The van der Waals surface area contributed by atoms with Gasteiger partial charge in [-0.15, -0.1) is 0 Å². The topological polar surface area (TPSA) is 62.8 Å². The fraction of sp³-hybridized carbons (Fsp3) is 0.533. The van der Waals surface area contributed by atoms with E-state index in [9.17, 15) is 4.79 Å². The van der Waals surface area contributed by atoms with Crippen LogP contribution in [0.1, 0.15) is 0 Å². The molecule has 1 heterocycles. The van der Waals surface area contributed by atoms with Gasteiger partial charge in [0.05, 0.1) is 31.9 Å². The zero-order valence-electron chi connectivity index (χ0n) is 12.7. The third-order valence-electron chi connectivity index (χ3n) is 3.46. The number of anilines is 1. The standard InChI is InChI=1S/C15H22ClN3O3/c1-21-14-3-2-12(10-13(14)16)18-11-15(20)17-4-5-19-6-8-22-9-7-19/h2-3,10,18H,4-9,11H2,1H3,(H,17,20). The molecular formula is C15H22ClN3O3. The number of ether oxygens (including phenoxy) is 2. The van der Waals surface area contributed by atoms with E-state index < -0.39 is 0 Å². The minimum Gasteiger partial charge on any atom is -0.495 e. The fourth-order valence-corrected chi connectivity index (χ4v) is 2.46. The molecule has 0 unspecified atom stereocenters. The second-order valence-corrected chi connectivity index (χ2v) is 5.41. The van der Waals surface area contributed by atoms with Gasteiger partial charge in [-0.25, -0.2) is 0 Å². The molecule has 1 fully saturated rings. The van der Waals surface area contributed by atoms with Crippen molar-refractivity contribution in [2.24, 2.45) is 0 Å². The van der Waals surface area contributed by atoms with Crippen LogP contribution < -0.4 is 15.4 Å². The minimum atomic E-state index is -0.0415. The third-order valence-corrected chi connectivity index (χ3v) is 3.75. The molecule has 1 aromatic carbocycles. The average molecular weight is 328 g/mol. The smallest absolute Gasteiger partial charge is 0.239 e. The van der Waals surface area contributed by atoms with Crippen molar-refractivity contribution in [2.45, 2.75) is 0 Å². The molecule has 1 aromatic rings. The molecular weight excluding hydrogens is 306 g/mol. The number of nitrogens with zero attached hydrogens (tertiary/aromatic N) is 1. The Bertz CT molecular complexity index is 493. The number of amides is 1. The van der Waals surface area contributed by atoms with Gasteiger partial charge in [0.2, 0.25) is 5.91 Å². The highest BCUT2D eigenvalue weighted by Crippen LogP contribution is 2.26. The van der Waals surface area contributed by atoms with Crippen molar-refractivity contribution in [1.82, 2.24) is 10.2 Å². The number of nitrogens with one attached hydrogen (secondary N) is 2. The molecule has 2 N–H and O–H groups in total. The van der Waals surface area contributed by atoms with Crippen LogP contribution in [0.5, 0.6) is 5.75 Å². The first kappa shape index (κ1) is 16.9. The molecule has 1 amide bonds. The molecule has 1 aliphatic rings. The quantitative estimate of drug-likeness (QED) is 0.788. The second kappa shape index (κ2) is 8.82. The lowest BCUT2D eigenvalue weighted by atomic mass is 10.3. The number of carbonyl (C=O) groups is 1. The Balaban J connectivity index is 1.65. The molecule has 0 radical (unpaired) electrons. The van der Waals surface area contributed by atoms with E-state index in [-0.39, 0.29) is 12.5 Å². The SMILES string of the molecule is COc1ccc(NCC(=O)NCCN2CCOCC2)cc1Cl. The monoisotopic (exact) mass is 327 g/mol. The number of halogens is 1. The van der Waals surface area contributed by atoms with E-state index >= 15 is 0 Å². The van der Waals surface area contributed by atoms with Crippen molar-refractivity contribution in [3.8, 4) is 5.75 Å². The van der Waals surface area contributed by atoms with Gasteiger partial charge < -0.3 is 20.1 Å². The molecule has 1 saturated heterocycles. The van der Waals surface area contributed by atoms with Gasteiger partial charge in [-0.2, -0.15) is 0 Å². The summed E-state index contributed by atoms with van der Waals surface area (Å²) in [5.41, 5.74) is 0.786. The van der Waals surface area contributed by atoms with Crippen molar-refractivity contribution in [1.29, 1.82) is 0 Å². The molecule has 0 atom stereocenters. The summed E-state index contributed by atoms with van der Waals surface area (Å²) in [7, 11) is 1.57. The number of carbonyl (C=O) groups excluding carboxylic acids is 1. The van der Waals surface area contributed by atoms with Crippen LogP contribution in [-0.4, -0.2) is 63.9 Å². The van der Waals surface area contributed by atoms with Crippen LogP contribution in [0.4, 0.5) is 5.69 Å². The maximum Gasteiger partial charge on any atom is 0.239 e. The van der Waals surface area contributed by atoms with Gasteiger partial charge >= 0.3 is 0 Å². The maximum atomic E-state index is 11.8. The van der Waals surface area contributed by atoms with Crippen LogP contribution >= 0.6 is 11.6 Å². The van der Waals surface area contributed by atoms with E-state index in [0.29, 0.717) is 17.3 Å². The van der Waals surface area contributed by atoms with Crippen molar-refractivity contribution in [3.63, 3.8) is 0 Å². The Hall–Kier alpha value is -1.50. The zero-order chi connectivity index (χ0) is 15.8. The normalized spacial score (nSPS) is 15.4. The van der Waals surface area contributed by atoms with E-state index in [2.05, 4.69) is 15.5 Å². The summed E-state index contributed by atoms with van der Waals surface area (Å²) in [6.07, 6.45) is 0. The van der Waals surface area contributed by atoms with Gasteiger partial charge in [0.25, 0.3) is 0 Å². The summed E-state index contributed by atoms with van der Waals surface area (Å²) >= 11 is 6.03. The predicted octanol–water partition coefficient (Wildman–Crippen LogP) is 1.21. The molecule has 0 bridgehead atoms. The first-order chi connectivity index (χ1) is 10.7. The first-order valence-corrected chi connectivity index (χ1v) is 7.71. The van der Waals surface area contributed by atoms with Crippen molar-refractivity contribution < 1.29 is 14.3 Å². The third kappa shape index (κ3) is 5.36. The number of rotatable bonds is 7. The predicted molar refractivity (Wildman–Crippen MR) is 86.8 cm³/mol. The molecule has 0 saturated carbocycles. The number of benzene rings is 1. The lowest BCUT2D eigenvalue weighted by Gasteiger charge is -2.26. The van der Waals surface area contributed by atoms with Crippen LogP contribution in [0.25, 0.3) is 0 Å². The lowest BCUT2D eigenvalue weighted by molar-refractivity contribution is -0.119. The summed E-state index contributed by atoms with van der Waals surface area (Å²) in [5, 5.41) is 6.45. The summed E-state index contributed by atoms with van der Waals surface area (Å²) < 4.78 is 10.4. The molecule has 7 heteroatoms. The Morgan fingerprint density at radius 2 is 2.18 bits per heavy atom. The van der Waals surface area contributed by atoms with Gasteiger partial charge in [0, 0.05) is 31.9 Å². The van der Waals surface area contributed by atoms with E-state index in [0.717, 1.165) is 38.5 Å². The largest absolute Gasteiger partial charge is 0.495 e. The Labute approximate surface area is 135 Å². The highest BCUT2D eigenvalue weighted by molar-refractivity contribution is 6.32. The summed E-state index contributed by atoms with van der Waals surface area (Å²) in [4.78, 5) is 14.1. The van der Waals surface area contributed by atoms with Crippen LogP contribution in [0.3, 0.4) is 0 Å². The Morgan fingerprint density at radius 1 is 1.41 bits per heavy atom. The molecule has 2 rings (SSSR count). The van der Waals surface area contributed by atoms with Gasteiger partial charge in [0.1, 0.15) is 5.75 Å². The van der Waals surface area contributed by atoms with E-state index in [1.165, 1.54) is 0 Å². The average Bonchev–Trinajstić information content (AvgIpc) is 2.54. The maximum absolute atomic E-state index is 11.8. The van der Waals surface area contributed by atoms with E-state index in [1.54, 1.807) is 19.2 Å². The van der Waals surface area contributed by atoms with E-state index in [1.807, 2.05) is 6.07 Å². The minimum absolute atomic E-state index is 0.0415. The van der Waals surface area contributed by atoms with E-state index in [4.69, 9.17) is 21.1 Å². The van der Waals surface area contributed by atoms with Gasteiger partial charge in [0.15, 0.2) is 0 Å². The highest BCUT2D eigenvalue weighted by Gasteiger charge is 2.10. The summed E-state index contributed by atoms with van der Waals surface area (Å²) in [6, 6.07) is 5.33. The van der Waals surface area contributed by atoms with Gasteiger partial charge in [-0.05, 0) is 18.2 Å². The molecule has 0 aliphatic carbocycles. The van der Waals surface area contributed by atoms with Crippen LogP contribution in [0.2, 0.25) is 5.02 Å². The van der Waals surface area contributed by atoms with Gasteiger partial charge in [-0.3, -0.25) is 9.69 Å². The van der Waals surface area contributed by atoms with Crippen molar-refractivity contribution >= 4 is 23.2 Å². The first-order valence-electron chi connectivity index (χ1n) is 7.33. The lowest BCUT2D eigenvalue weighted by Crippen LogP contribution is -2.42. The van der Waals surface area contributed by atoms with Crippen molar-refractivity contribution in [3.05, 3.63) is 23.2 Å². The number of morpholine rings is 1. The second-order valence-electron chi connectivity index (χ2n) is 5.01. The molecule has 6 nitrogen and oxygen atoms in total. The Morgan fingerprint density at radius 3 is 2.86 bits per heavy atom. The number of hydrogen-bond acceptors (Lipinski definition) is 5. The van der Waals surface area contributed by atoms with Crippen LogP contribution in [0, 0.1) is 0 Å². The molecule has 1 aliphatic heterocycles. The van der Waals surface area contributed by atoms with Crippen molar-refractivity contribution in [2.75, 3.05) is 58.4 Å². The zero-order valence-corrected chi connectivity index (χ0v) is 13.5. The molecule has 22 heavy (non-hydrogen) atoms. The molecule has 122 valence electrons. The summed E-state index contributed by atoms with van der Waals surface area (Å²) in [6.45, 7) is 5.11.